The Hall–Kier alpha value is -4.64. The Morgan fingerprint density at radius 2 is 1.86 bits per heavy atom. The highest BCUT2D eigenvalue weighted by Gasteiger charge is 2.63. The Bertz CT molecular complexity index is 2020. The molecule has 5 aliphatic rings. The molecule has 2 saturated carbocycles. The van der Waals surface area contributed by atoms with E-state index < -0.39 is 74.1 Å². The second-order valence-corrected chi connectivity index (χ2v) is 18.6. The summed E-state index contributed by atoms with van der Waals surface area (Å²) in [6.07, 6.45) is 4.60. The number of pyridine rings is 1. The smallest absolute Gasteiger partial charge is 0.405 e. The molecule has 2 saturated heterocycles. The average molecular weight is 797 g/mol. The number of carbonyl (C=O) groups excluding carboxylic acids is 3. The van der Waals surface area contributed by atoms with Gasteiger partial charge in [-0.25, -0.2) is 13.2 Å². The van der Waals surface area contributed by atoms with Gasteiger partial charge in [-0.2, -0.15) is 4.98 Å². The van der Waals surface area contributed by atoms with Crippen LogP contribution in [0.2, 0.25) is 0 Å². The summed E-state index contributed by atoms with van der Waals surface area (Å²) in [6, 6.07) is 5.10. The van der Waals surface area contributed by atoms with Gasteiger partial charge in [-0.1, -0.05) is 26.0 Å². The fraction of sp³-hybridized carbons (Fsp3) is 0.615. The lowest BCUT2D eigenvalue weighted by Crippen LogP contribution is -2.59. The summed E-state index contributed by atoms with van der Waals surface area (Å²) >= 11 is 0. The number of hydrogen-bond acceptors (Lipinski definition) is 11. The molecule has 304 valence electrons. The number of ether oxygens (including phenoxy) is 3. The standard InChI is InChI=1S/C39H52N6O10S/c1-23-7-5-6-8-26-21-39(26,36(48)43-56(51,52)38(3)11-12-38)42-33(46)30-20-28(22-45(30)35(47)32(24(2)17-23)41-37(49)50)55-34-29-10-9-27(53-4)18-25(29)19-31(40-34)44-13-15-54-16-14-44/h6,8-10,18-19,23-24,26,28,30,32,41H,5,7,11-17,20-22H2,1-4H3,(H,42,46)(H,43,48)(H,49,50)/b8-6-/t23-,24-,26-,28-,30+,32+,39-/m1/s1. The van der Waals surface area contributed by atoms with Crippen molar-refractivity contribution in [2.45, 2.75) is 94.2 Å². The number of carbonyl (C=O) groups is 4. The van der Waals surface area contributed by atoms with Gasteiger partial charge in [0, 0.05) is 30.8 Å². The fourth-order valence-electron chi connectivity index (χ4n) is 8.25. The molecule has 0 bridgehead atoms. The van der Waals surface area contributed by atoms with Crippen LogP contribution in [0.3, 0.4) is 0 Å². The van der Waals surface area contributed by atoms with Gasteiger partial charge in [-0.05, 0) is 86.9 Å². The summed E-state index contributed by atoms with van der Waals surface area (Å²) in [5.41, 5.74) is -1.55. The molecule has 1 aromatic carbocycles. The van der Waals surface area contributed by atoms with Gasteiger partial charge in [0.1, 0.15) is 35.3 Å². The normalized spacial score (nSPS) is 31.1. The summed E-state index contributed by atoms with van der Waals surface area (Å²) in [4.78, 5) is 63.4. The van der Waals surface area contributed by atoms with Crippen LogP contribution in [0.1, 0.15) is 65.7 Å². The molecule has 0 spiro atoms. The topological polar surface area (TPSA) is 206 Å². The number of carboxylic acid groups (broad SMARTS) is 1. The van der Waals surface area contributed by atoms with Crippen molar-refractivity contribution < 1.29 is 46.9 Å². The maximum absolute atomic E-state index is 14.6. The van der Waals surface area contributed by atoms with E-state index in [1.54, 1.807) is 20.1 Å². The largest absolute Gasteiger partial charge is 0.497 e. The lowest BCUT2D eigenvalue weighted by atomic mass is 9.88. The Labute approximate surface area is 326 Å². The minimum Gasteiger partial charge on any atom is -0.497 e. The van der Waals surface area contributed by atoms with Crippen LogP contribution in [0.4, 0.5) is 10.6 Å². The van der Waals surface area contributed by atoms with Crippen LogP contribution in [0.5, 0.6) is 11.6 Å². The number of amides is 4. The van der Waals surface area contributed by atoms with E-state index in [0.29, 0.717) is 68.9 Å². The summed E-state index contributed by atoms with van der Waals surface area (Å²) < 4.78 is 45.3. The van der Waals surface area contributed by atoms with E-state index in [-0.39, 0.29) is 31.2 Å². The summed E-state index contributed by atoms with van der Waals surface area (Å²) in [5.74, 6) is -1.26. The predicted molar refractivity (Wildman–Crippen MR) is 206 cm³/mol. The molecule has 17 heteroatoms. The van der Waals surface area contributed by atoms with Gasteiger partial charge in [0.25, 0.3) is 5.91 Å². The molecule has 2 aliphatic carbocycles. The molecule has 0 unspecified atom stereocenters. The molecule has 0 radical (unpaired) electrons. The lowest BCUT2D eigenvalue weighted by molar-refractivity contribution is -0.142. The van der Waals surface area contributed by atoms with Crippen molar-refractivity contribution >= 4 is 50.4 Å². The first kappa shape index (κ1) is 39.6. The number of nitrogens with one attached hydrogen (secondary N) is 3. The number of benzene rings is 1. The first-order valence-corrected chi connectivity index (χ1v) is 20.9. The van der Waals surface area contributed by atoms with Crippen LogP contribution >= 0.6 is 0 Å². The number of sulfonamides is 1. The van der Waals surface area contributed by atoms with Crippen molar-refractivity contribution in [2.24, 2.45) is 17.8 Å². The molecule has 7 rings (SSSR count). The van der Waals surface area contributed by atoms with Gasteiger partial charge in [0.15, 0.2) is 0 Å². The van der Waals surface area contributed by atoms with Crippen LogP contribution in [0.25, 0.3) is 10.8 Å². The number of morpholine rings is 1. The highest BCUT2D eigenvalue weighted by atomic mass is 32.2. The fourth-order valence-corrected chi connectivity index (χ4v) is 9.56. The van der Waals surface area contributed by atoms with Gasteiger partial charge in [-0.3, -0.25) is 19.1 Å². The minimum atomic E-state index is -4.01. The van der Waals surface area contributed by atoms with E-state index >= 15 is 0 Å². The number of nitrogens with zero attached hydrogens (tertiary/aromatic N) is 3. The van der Waals surface area contributed by atoms with Crippen LogP contribution < -0.4 is 29.7 Å². The highest BCUT2D eigenvalue weighted by Crippen LogP contribution is 2.47. The van der Waals surface area contributed by atoms with Gasteiger partial charge >= 0.3 is 6.09 Å². The van der Waals surface area contributed by atoms with E-state index in [1.807, 2.05) is 44.2 Å². The number of fused-ring (bicyclic) bond motifs is 3. The molecule has 7 atom stereocenters. The van der Waals surface area contributed by atoms with Crippen molar-refractivity contribution in [1.82, 2.24) is 25.2 Å². The van der Waals surface area contributed by atoms with Crippen molar-refractivity contribution in [3.05, 3.63) is 36.4 Å². The van der Waals surface area contributed by atoms with Crippen LogP contribution in [-0.2, 0) is 29.1 Å². The molecular formula is C39H52N6O10S. The number of aromatic nitrogens is 1. The number of hydrogen-bond donors (Lipinski definition) is 4. The van der Waals surface area contributed by atoms with Crippen molar-refractivity contribution in [2.75, 3.05) is 44.9 Å². The van der Waals surface area contributed by atoms with E-state index in [2.05, 4.69) is 20.3 Å². The zero-order chi connectivity index (χ0) is 40.0. The Morgan fingerprint density at radius 3 is 2.55 bits per heavy atom. The van der Waals surface area contributed by atoms with Crippen LogP contribution in [0, 0.1) is 17.8 Å². The number of anilines is 1. The highest BCUT2D eigenvalue weighted by molar-refractivity contribution is 7.91. The van der Waals surface area contributed by atoms with Gasteiger partial charge in [0.2, 0.25) is 27.7 Å². The van der Waals surface area contributed by atoms with Crippen molar-refractivity contribution in [3.63, 3.8) is 0 Å². The van der Waals surface area contributed by atoms with E-state index in [9.17, 15) is 32.7 Å². The minimum absolute atomic E-state index is 0.00215. The third-order valence-electron chi connectivity index (χ3n) is 12.1. The molecular weight excluding hydrogens is 745 g/mol. The third kappa shape index (κ3) is 7.97. The Balaban J connectivity index is 1.23. The molecule has 16 nitrogen and oxygen atoms in total. The second-order valence-electron chi connectivity index (χ2n) is 16.4. The Morgan fingerprint density at radius 1 is 1.11 bits per heavy atom. The maximum Gasteiger partial charge on any atom is 0.405 e. The zero-order valence-electron chi connectivity index (χ0n) is 32.3. The SMILES string of the molecule is COc1ccc2c(O[C@@H]3C[C@H]4C(=O)N[C@]5(C(=O)NS(=O)(=O)C6(C)CC6)C[C@H]5/C=C\CC[C@@H](C)C[C@@H](C)[C@H](NC(=O)O)C(=O)N4C3)nc(N3CCOCC3)cc2c1. The van der Waals surface area contributed by atoms with Crippen LogP contribution in [-0.4, -0.2) is 116 Å². The van der Waals surface area contributed by atoms with Gasteiger partial charge in [0.05, 0.1) is 31.6 Å². The average Bonchev–Trinajstić information content (AvgIpc) is 4.05. The van der Waals surface area contributed by atoms with E-state index in [4.69, 9.17) is 19.2 Å². The quantitative estimate of drug-likeness (QED) is 0.285. The lowest BCUT2D eigenvalue weighted by Gasteiger charge is -2.32. The number of methoxy groups -OCH3 is 1. The van der Waals surface area contributed by atoms with Crippen LogP contribution in [0.15, 0.2) is 36.4 Å². The molecule has 2 aromatic rings. The maximum atomic E-state index is 14.6. The van der Waals surface area contributed by atoms with Crippen molar-refractivity contribution in [3.8, 4) is 11.6 Å². The summed E-state index contributed by atoms with van der Waals surface area (Å²) in [5, 5.41) is 16.6. The summed E-state index contributed by atoms with van der Waals surface area (Å²) in [7, 11) is -2.43. The third-order valence-corrected chi connectivity index (χ3v) is 14.3. The van der Waals surface area contributed by atoms with E-state index in [1.165, 1.54) is 4.90 Å². The zero-order valence-corrected chi connectivity index (χ0v) is 33.1. The molecule has 56 heavy (non-hydrogen) atoms. The molecule has 3 aliphatic heterocycles. The first-order chi connectivity index (χ1) is 26.6. The molecule has 1 aromatic heterocycles. The van der Waals surface area contributed by atoms with Crippen molar-refractivity contribution in [1.29, 1.82) is 0 Å². The molecule has 4 fully saturated rings. The molecule has 4 amide bonds. The van der Waals surface area contributed by atoms with Gasteiger partial charge in [-0.15, -0.1) is 0 Å². The van der Waals surface area contributed by atoms with Gasteiger partial charge < -0.3 is 39.8 Å². The first-order valence-electron chi connectivity index (χ1n) is 19.5. The molecule has 4 N–H and O–H groups in total. The predicted octanol–water partition coefficient (Wildman–Crippen LogP) is 2.95. The molecule has 4 heterocycles. The number of rotatable bonds is 8. The second kappa shape index (κ2) is 15.4. The summed E-state index contributed by atoms with van der Waals surface area (Å²) in [6.45, 7) is 7.67. The van der Waals surface area contributed by atoms with E-state index in [0.717, 1.165) is 11.8 Å². The number of allylic oxidation sites excluding steroid dienone is 1. The Kier molecular flexibility index (Phi) is 10.9. The monoisotopic (exact) mass is 796 g/mol.